The number of carbonyl (C=O) groups is 1. The first-order valence-electron chi connectivity index (χ1n) is 8.59. The number of rotatable bonds is 4. The number of hydrogen-bond acceptors (Lipinski definition) is 4. The van der Waals surface area contributed by atoms with Crippen LogP contribution in [0.1, 0.15) is 23.6 Å². The molecule has 0 aliphatic heterocycles. The monoisotopic (exact) mass is 445 g/mol. The lowest BCUT2D eigenvalue weighted by atomic mass is 10.1. The van der Waals surface area contributed by atoms with Gasteiger partial charge < -0.3 is 14.5 Å². The lowest BCUT2D eigenvalue weighted by molar-refractivity contribution is -0.143. The second-order valence-corrected chi connectivity index (χ2v) is 6.51. The molecular formula is C20H13F6NO4. The van der Waals surface area contributed by atoms with Gasteiger partial charge in [0.15, 0.2) is 0 Å². The van der Waals surface area contributed by atoms with Crippen molar-refractivity contribution in [2.24, 2.45) is 0 Å². The van der Waals surface area contributed by atoms with Crippen LogP contribution in [0.2, 0.25) is 0 Å². The van der Waals surface area contributed by atoms with Crippen molar-refractivity contribution in [2.45, 2.75) is 25.9 Å². The molecule has 164 valence electrons. The van der Waals surface area contributed by atoms with Gasteiger partial charge in [0.1, 0.15) is 17.9 Å². The minimum atomic E-state index is -5.01. The molecule has 0 atom stereocenters. The Hall–Kier alpha value is -3.50. The topological polar surface area (TPSA) is 68.5 Å². The van der Waals surface area contributed by atoms with Crippen LogP contribution in [0.4, 0.5) is 32.0 Å². The van der Waals surface area contributed by atoms with Crippen LogP contribution in [-0.2, 0) is 23.8 Å². The van der Waals surface area contributed by atoms with Gasteiger partial charge in [-0.15, -0.1) is 0 Å². The first kappa shape index (κ1) is 22.2. The second-order valence-electron chi connectivity index (χ2n) is 6.51. The molecule has 0 fully saturated rings. The summed E-state index contributed by atoms with van der Waals surface area (Å²) in [5, 5.41) is 2.82. The zero-order chi connectivity index (χ0) is 23.0. The van der Waals surface area contributed by atoms with E-state index in [0.717, 1.165) is 6.07 Å². The van der Waals surface area contributed by atoms with E-state index in [1.165, 1.54) is 25.1 Å². The summed E-state index contributed by atoms with van der Waals surface area (Å²) in [5.74, 6) is -1.04. The molecule has 0 bridgehead atoms. The van der Waals surface area contributed by atoms with Gasteiger partial charge in [-0.1, -0.05) is 0 Å². The maximum atomic E-state index is 13.0. The number of amides is 1. The van der Waals surface area contributed by atoms with E-state index in [1.54, 1.807) is 0 Å². The molecule has 11 heteroatoms. The number of benzene rings is 2. The van der Waals surface area contributed by atoms with E-state index >= 15 is 0 Å². The summed E-state index contributed by atoms with van der Waals surface area (Å²) in [6.45, 7) is 0.773. The molecule has 0 saturated carbocycles. The van der Waals surface area contributed by atoms with Gasteiger partial charge in [-0.05, 0) is 30.3 Å². The Morgan fingerprint density at radius 3 is 2.13 bits per heavy atom. The highest BCUT2D eigenvalue weighted by molar-refractivity contribution is 5.92. The van der Waals surface area contributed by atoms with E-state index in [0.29, 0.717) is 23.2 Å². The predicted octanol–water partition coefficient (Wildman–Crippen LogP) is 5.37. The molecule has 1 N–H and O–H groups in total. The van der Waals surface area contributed by atoms with Crippen molar-refractivity contribution in [2.75, 3.05) is 5.32 Å². The summed E-state index contributed by atoms with van der Waals surface area (Å²) < 4.78 is 88.1. The number of halogens is 6. The third-order valence-electron chi connectivity index (χ3n) is 4.11. The van der Waals surface area contributed by atoms with Gasteiger partial charge in [0.25, 0.3) is 0 Å². The van der Waals surface area contributed by atoms with Crippen molar-refractivity contribution in [3.8, 4) is 5.75 Å². The van der Waals surface area contributed by atoms with Crippen molar-refractivity contribution in [3.63, 3.8) is 0 Å². The van der Waals surface area contributed by atoms with Crippen molar-refractivity contribution >= 4 is 22.6 Å². The molecule has 3 rings (SSSR count). The molecule has 1 aromatic heterocycles. The molecular weight excluding hydrogens is 432 g/mol. The number of carbonyl (C=O) groups excluding carboxylic acids is 1. The number of nitrogens with one attached hydrogen (secondary N) is 1. The van der Waals surface area contributed by atoms with E-state index in [9.17, 15) is 35.9 Å². The van der Waals surface area contributed by atoms with Gasteiger partial charge in [-0.2, -0.15) is 26.3 Å². The van der Waals surface area contributed by atoms with Crippen molar-refractivity contribution in [1.29, 1.82) is 0 Å². The molecule has 0 aliphatic carbocycles. The summed E-state index contributed by atoms with van der Waals surface area (Å²) in [4.78, 5) is 23.0. The fourth-order valence-corrected chi connectivity index (χ4v) is 2.80. The van der Waals surface area contributed by atoms with Crippen molar-refractivity contribution in [1.82, 2.24) is 0 Å². The quantitative estimate of drug-likeness (QED) is 0.433. The van der Waals surface area contributed by atoms with Crippen LogP contribution < -0.4 is 15.7 Å². The van der Waals surface area contributed by atoms with Gasteiger partial charge in [0.2, 0.25) is 5.91 Å². The van der Waals surface area contributed by atoms with E-state index in [1.807, 2.05) is 0 Å². The Balaban J connectivity index is 1.97. The predicted molar refractivity (Wildman–Crippen MR) is 97.6 cm³/mol. The highest BCUT2D eigenvalue weighted by Gasteiger charge is 2.37. The summed E-state index contributed by atoms with van der Waals surface area (Å²) in [5.41, 5.74) is -3.30. The van der Waals surface area contributed by atoms with Gasteiger partial charge in [0, 0.05) is 35.7 Å². The van der Waals surface area contributed by atoms with Crippen LogP contribution in [0.3, 0.4) is 0 Å². The summed E-state index contributed by atoms with van der Waals surface area (Å²) in [6, 6.07) is 6.19. The van der Waals surface area contributed by atoms with Crippen LogP contribution in [0.5, 0.6) is 5.75 Å². The SMILES string of the molecule is CC(=O)Nc1ccc2c(COc3cc(C(F)(F)F)cc(C(F)(F)F)c3)cc(=O)oc2c1. The molecule has 0 spiro atoms. The lowest BCUT2D eigenvalue weighted by Crippen LogP contribution is -2.12. The van der Waals surface area contributed by atoms with Crippen LogP contribution in [-0.4, -0.2) is 5.91 Å². The average molecular weight is 445 g/mol. The van der Waals surface area contributed by atoms with Gasteiger partial charge in [-0.25, -0.2) is 4.79 Å². The zero-order valence-electron chi connectivity index (χ0n) is 15.6. The Morgan fingerprint density at radius 1 is 0.968 bits per heavy atom. The Kier molecular flexibility index (Phi) is 5.70. The van der Waals surface area contributed by atoms with E-state index in [2.05, 4.69) is 5.32 Å². The van der Waals surface area contributed by atoms with Gasteiger partial charge in [0.05, 0.1) is 11.1 Å². The summed E-state index contributed by atoms with van der Waals surface area (Å²) >= 11 is 0. The zero-order valence-corrected chi connectivity index (χ0v) is 15.6. The number of anilines is 1. The molecule has 0 unspecified atom stereocenters. The molecule has 0 saturated heterocycles. The number of ether oxygens (including phenoxy) is 1. The normalized spacial score (nSPS) is 12.1. The minimum Gasteiger partial charge on any atom is -0.489 e. The third kappa shape index (κ3) is 5.36. The summed E-state index contributed by atoms with van der Waals surface area (Å²) in [6.07, 6.45) is -10.0. The molecule has 3 aromatic rings. The first-order valence-corrected chi connectivity index (χ1v) is 8.59. The van der Waals surface area contributed by atoms with Gasteiger partial charge >= 0.3 is 18.0 Å². The Labute approximate surface area is 170 Å². The number of alkyl halides is 6. The highest BCUT2D eigenvalue weighted by atomic mass is 19.4. The maximum absolute atomic E-state index is 13.0. The van der Waals surface area contributed by atoms with Crippen LogP contribution in [0.15, 0.2) is 51.7 Å². The van der Waals surface area contributed by atoms with Crippen molar-refractivity contribution in [3.05, 3.63) is 69.6 Å². The van der Waals surface area contributed by atoms with Crippen LogP contribution in [0, 0.1) is 0 Å². The van der Waals surface area contributed by atoms with E-state index in [-0.39, 0.29) is 23.1 Å². The molecule has 1 amide bonds. The van der Waals surface area contributed by atoms with Crippen molar-refractivity contribution < 1.29 is 40.3 Å². The molecule has 0 aliphatic rings. The smallest absolute Gasteiger partial charge is 0.416 e. The molecule has 5 nitrogen and oxygen atoms in total. The average Bonchev–Trinajstić information content (AvgIpc) is 2.63. The number of hydrogen-bond donors (Lipinski definition) is 1. The minimum absolute atomic E-state index is 0.0110. The standard InChI is InChI=1S/C20H13F6NO4/c1-10(28)27-14-2-3-16-11(4-18(29)31-17(16)8-14)9-30-15-6-12(19(21,22)23)5-13(7-15)20(24,25)26/h2-8H,9H2,1H3,(H,27,28). The van der Waals surface area contributed by atoms with Crippen LogP contribution in [0.25, 0.3) is 11.0 Å². The molecule has 0 radical (unpaired) electrons. The molecule has 1 heterocycles. The third-order valence-corrected chi connectivity index (χ3v) is 4.11. The lowest BCUT2D eigenvalue weighted by Gasteiger charge is -2.15. The van der Waals surface area contributed by atoms with E-state index < -0.39 is 41.5 Å². The summed E-state index contributed by atoms with van der Waals surface area (Å²) in [7, 11) is 0. The first-order chi connectivity index (χ1) is 14.3. The molecule has 31 heavy (non-hydrogen) atoms. The fourth-order valence-electron chi connectivity index (χ4n) is 2.80. The maximum Gasteiger partial charge on any atom is 0.416 e. The molecule has 2 aromatic carbocycles. The second kappa shape index (κ2) is 7.97. The Morgan fingerprint density at radius 2 is 1.58 bits per heavy atom. The number of fused-ring (bicyclic) bond motifs is 1. The Bertz CT molecular complexity index is 1160. The largest absolute Gasteiger partial charge is 0.489 e. The van der Waals surface area contributed by atoms with Gasteiger partial charge in [-0.3, -0.25) is 4.79 Å². The van der Waals surface area contributed by atoms with Crippen LogP contribution >= 0.6 is 0 Å². The van der Waals surface area contributed by atoms with E-state index in [4.69, 9.17) is 9.15 Å². The fraction of sp³-hybridized carbons (Fsp3) is 0.200. The highest BCUT2D eigenvalue weighted by Crippen LogP contribution is 2.38.